The molecule has 0 saturated heterocycles. The highest BCUT2D eigenvalue weighted by atomic mass is 15.2. The highest BCUT2D eigenvalue weighted by molar-refractivity contribution is 5.66. The van der Waals surface area contributed by atoms with E-state index in [0.717, 1.165) is 17.3 Å². The van der Waals surface area contributed by atoms with Crippen LogP contribution in [0.2, 0.25) is 0 Å². The van der Waals surface area contributed by atoms with Gasteiger partial charge in [-0.3, -0.25) is 0 Å². The second-order valence-electron chi connectivity index (χ2n) is 3.25. The molecule has 0 radical (unpaired) electrons. The molecule has 2 aromatic heterocycles. The largest absolute Gasteiger partial charge is 0.372 e. The molecule has 0 spiro atoms. The molecule has 0 bridgehead atoms. The van der Waals surface area contributed by atoms with Gasteiger partial charge in [0.05, 0.1) is 6.20 Å². The second kappa shape index (κ2) is 3.17. The van der Waals surface area contributed by atoms with E-state index in [1.165, 1.54) is 0 Å². The van der Waals surface area contributed by atoms with Crippen LogP contribution in [0, 0.1) is 0 Å². The molecule has 0 fully saturated rings. The van der Waals surface area contributed by atoms with E-state index in [-0.39, 0.29) is 0 Å². The summed E-state index contributed by atoms with van der Waals surface area (Å²) in [6, 6.07) is 0. The number of imidazole rings is 1. The van der Waals surface area contributed by atoms with Gasteiger partial charge in [-0.15, -0.1) is 0 Å². The average molecular weight is 191 g/mol. The zero-order valence-corrected chi connectivity index (χ0v) is 8.52. The fraction of sp³-hybridized carbons (Fsp3) is 0.333. The summed E-state index contributed by atoms with van der Waals surface area (Å²) < 4.78 is 1.95. The van der Waals surface area contributed by atoms with Crippen molar-refractivity contribution in [1.29, 1.82) is 0 Å². The lowest BCUT2D eigenvalue weighted by molar-refractivity contribution is 1.03. The molecule has 0 aromatic carbocycles. The minimum absolute atomic E-state index is 0.833. The summed E-state index contributed by atoms with van der Waals surface area (Å²) in [6.07, 6.45) is 5.59. The molecule has 0 saturated carbocycles. The van der Waals surface area contributed by atoms with Crippen molar-refractivity contribution in [2.24, 2.45) is 0 Å². The van der Waals surface area contributed by atoms with Crippen LogP contribution < -0.4 is 10.2 Å². The monoisotopic (exact) mass is 191 g/mol. The van der Waals surface area contributed by atoms with Crippen LogP contribution in [0.1, 0.15) is 0 Å². The standard InChI is InChI=1S/C9H13N5/c1-10-7-6-14-5-4-11-8(14)9(12-7)13(2)3/h4-6,10H,1-3H3. The van der Waals surface area contributed by atoms with E-state index in [1.54, 1.807) is 6.20 Å². The van der Waals surface area contributed by atoms with Crippen LogP contribution in [0.3, 0.4) is 0 Å². The van der Waals surface area contributed by atoms with Gasteiger partial charge in [-0.05, 0) is 0 Å². The summed E-state index contributed by atoms with van der Waals surface area (Å²) in [4.78, 5) is 10.6. The summed E-state index contributed by atoms with van der Waals surface area (Å²) in [5.74, 6) is 1.70. The van der Waals surface area contributed by atoms with E-state index in [4.69, 9.17) is 0 Å². The topological polar surface area (TPSA) is 45.5 Å². The lowest BCUT2D eigenvalue weighted by atomic mass is 10.5. The third-order valence-corrected chi connectivity index (χ3v) is 2.04. The van der Waals surface area contributed by atoms with Gasteiger partial charge in [0.2, 0.25) is 0 Å². The zero-order valence-electron chi connectivity index (χ0n) is 8.52. The van der Waals surface area contributed by atoms with Gasteiger partial charge in [-0.1, -0.05) is 0 Å². The van der Waals surface area contributed by atoms with Crippen LogP contribution in [0.5, 0.6) is 0 Å². The Morgan fingerprint density at radius 1 is 1.43 bits per heavy atom. The summed E-state index contributed by atoms with van der Waals surface area (Å²) in [7, 11) is 5.76. The Morgan fingerprint density at radius 3 is 2.86 bits per heavy atom. The predicted octanol–water partition coefficient (Wildman–Crippen LogP) is 0.837. The number of hydrogen-bond acceptors (Lipinski definition) is 4. The van der Waals surface area contributed by atoms with Gasteiger partial charge in [0.1, 0.15) is 5.82 Å². The first kappa shape index (κ1) is 8.80. The zero-order chi connectivity index (χ0) is 10.1. The van der Waals surface area contributed by atoms with Crippen molar-refractivity contribution in [3.63, 3.8) is 0 Å². The van der Waals surface area contributed by atoms with Crippen molar-refractivity contribution in [3.05, 3.63) is 18.6 Å². The van der Waals surface area contributed by atoms with E-state index in [0.29, 0.717) is 0 Å². The summed E-state index contributed by atoms with van der Waals surface area (Å²) in [5, 5.41) is 3.02. The fourth-order valence-electron chi connectivity index (χ4n) is 1.34. The molecule has 5 heteroatoms. The molecule has 5 nitrogen and oxygen atoms in total. The molecular weight excluding hydrogens is 178 g/mol. The first-order chi connectivity index (χ1) is 6.72. The van der Waals surface area contributed by atoms with Crippen molar-refractivity contribution in [3.8, 4) is 0 Å². The smallest absolute Gasteiger partial charge is 0.180 e. The Balaban J connectivity index is 2.70. The molecule has 0 amide bonds. The number of rotatable bonds is 2. The molecule has 2 rings (SSSR count). The van der Waals surface area contributed by atoms with Gasteiger partial charge in [0.25, 0.3) is 0 Å². The highest BCUT2D eigenvalue weighted by Gasteiger charge is 2.07. The lowest BCUT2D eigenvalue weighted by Gasteiger charge is -2.13. The Hall–Kier alpha value is -1.78. The van der Waals surface area contributed by atoms with Crippen LogP contribution >= 0.6 is 0 Å². The van der Waals surface area contributed by atoms with Crippen molar-refractivity contribution < 1.29 is 0 Å². The Morgan fingerprint density at radius 2 is 2.21 bits per heavy atom. The van der Waals surface area contributed by atoms with Crippen molar-refractivity contribution in [1.82, 2.24) is 14.4 Å². The van der Waals surface area contributed by atoms with E-state index in [9.17, 15) is 0 Å². The third-order valence-electron chi connectivity index (χ3n) is 2.04. The van der Waals surface area contributed by atoms with Crippen LogP contribution in [-0.2, 0) is 0 Å². The molecule has 0 aliphatic rings. The predicted molar refractivity (Wildman–Crippen MR) is 56.9 cm³/mol. The average Bonchev–Trinajstić information content (AvgIpc) is 2.63. The van der Waals surface area contributed by atoms with E-state index >= 15 is 0 Å². The Bertz CT molecular complexity index is 445. The number of nitrogens with zero attached hydrogens (tertiary/aromatic N) is 4. The first-order valence-electron chi connectivity index (χ1n) is 4.41. The van der Waals surface area contributed by atoms with E-state index in [1.807, 2.05) is 42.8 Å². The summed E-state index contributed by atoms with van der Waals surface area (Å²) in [5.41, 5.74) is 0.869. The van der Waals surface area contributed by atoms with Crippen LogP contribution in [-0.4, -0.2) is 35.5 Å². The maximum Gasteiger partial charge on any atom is 0.180 e. The minimum Gasteiger partial charge on any atom is -0.372 e. The molecule has 0 aliphatic carbocycles. The molecule has 0 aliphatic heterocycles. The van der Waals surface area contributed by atoms with Gasteiger partial charge in [0.15, 0.2) is 11.5 Å². The SMILES string of the molecule is CNc1cn2ccnc2c(N(C)C)n1. The molecule has 74 valence electrons. The molecule has 0 unspecified atom stereocenters. The van der Waals surface area contributed by atoms with Crippen molar-refractivity contribution >= 4 is 17.3 Å². The molecule has 2 aromatic rings. The molecular formula is C9H13N5. The normalized spacial score (nSPS) is 10.5. The van der Waals surface area contributed by atoms with Crippen LogP contribution in [0.4, 0.5) is 11.6 Å². The number of fused-ring (bicyclic) bond motifs is 1. The Labute approximate surface area is 82.4 Å². The maximum atomic E-state index is 4.42. The van der Waals surface area contributed by atoms with Gasteiger partial charge >= 0.3 is 0 Å². The third kappa shape index (κ3) is 1.26. The molecule has 14 heavy (non-hydrogen) atoms. The molecule has 1 N–H and O–H groups in total. The van der Waals surface area contributed by atoms with Crippen molar-refractivity contribution in [2.45, 2.75) is 0 Å². The molecule has 2 heterocycles. The second-order valence-corrected chi connectivity index (χ2v) is 3.25. The number of aromatic nitrogens is 3. The van der Waals surface area contributed by atoms with Crippen LogP contribution in [0.25, 0.3) is 5.65 Å². The minimum atomic E-state index is 0.833. The maximum absolute atomic E-state index is 4.42. The first-order valence-corrected chi connectivity index (χ1v) is 4.41. The van der Waals surface area contributed by atoms with Gasteiger partial charge < -0.3 is 14.6 Å². The van der Waals surface area contributed by atoms with Gasteiger partial charge in [0, 0.05) is 33.5 Å². The quantitative estimate of drug-likeness (QED) is 0.764. The fourth-order valence-corrected chi connectivity index (χ4v) is 1.34. The highest BCUT2D eigenvalue weighted by Crippen LogP contribution is 2.17. The summed E-state index contributed by atoms with van der Waals surface area (Å²) in [6.45, 7) is 0. The Kier molecular flexibility index (Phi) is 1.99. The number of nitrogens with one attached hydrogen (secondary N) is 1. The van der Waals surface area contributed by atoms with Gasteiger partial charge in [-0.2, -0.15) is 0 Å². The van der Waals surface area contributed by atoms with Gasteiger partial charge in [-0.25, -0.2) is 9.97 Å². The van der Waals surface area contributed by atoms with E-state index in [2.05, 4.69) is 15.3 Å². The lowest BCUT2D eigenvalue weighted by Crippen LogP contribution is -2.13. The summed E-state index contributed by atoms with van der Waals surface area (Å²) >= 11 is 0. The molecule has 0 atom stereocenters. The number of hydrogen-bond donors (Lipinski definition) is 1. The van der Waals surface area contributed by atoms with Crippen molar-refractivity contribution in [2.75, 3.05) is 31.4 Å². The number of anilines is 2. The van der Waals surface area contributed by atoms with Crippen LogP contribution in [0.15, 0.2) is 18.6 Å². The van der Waals surface area contributed by atoms with E-state index < -0.39 is 0 Å².